The predicted octanol–water partition coefficient (Wildman–Crippen LogP) is 4.08. The molecule has 1 fully saturated rings. The van der Waals surface area contributed by atoms with E-state index in [9.17, 15) is 13.2 Å². The number of aromatic nitrogens is 1. The van der Waals surface area contributed by atoms with Crippen molar-refractivity contribution in [3.8, 4) is 0 Å². The van der Waals surface area contributed by atoms with E-state index in [1.807, 2.05) is 23.6 Å². The van der Waals surface area contributed by atoms with E-state index in [1.54, 1.807) is 0 Å². The van der Waals surface area contributed by atoms with Gasteiger partial charge in [0.05, 0.1) is 5.56 Å². The van der Waals surface area contributed by atoms with Crippen molar-refractivity contribution in [2.45, 2.75) is 31.3 Å². The summed E-state index contributed by atoms with van der Waals surface area (Å²) < 4.78 is 38.3. The van der Waals surface area contributed by atoms with Crippen LogP contribution in [0.25, 0.3) is 0 Å². The molecule has 0 radical (unpaired) electrons. The SMILES string of the molecule is CC1SCCN(c2cc(C(F)(F)F)cc(Cl)n2)C1C. The molecule has 0 saturated carbocycles. The van der Waals surface area contributed by atoms with Crippen molar-refractivity contribution in [1.82, 2.24) is 4.98 Å². The molecule has 7 heteroatoms. The fourth-order valence-electron chi connectivity index (χ4n) is 2.05. The Labute approximate surface area is 119 Å². The lowest BCUT2D eigenvalue weighted by Gasteiger charge is -2.38. The first-order valence-corrected chi connectivity index (χ1v) is 7.35. The van der Waals surface area contributed by atoms with E-state index in [0.29, 0.717) is 17.6 Å². The third-order valence-electron chi connectivity index (χ3n) is 3.29. The topological polar surface area (TPSA) is 16.1 Å². The fourth-order valence-corrected chi connectivity index (χ4v) is 3.35. The van der Waals surface area contributed by atoms with E-state index in [4.69, 9.17) is 11.6 Å². The molecular formula is C12H14ClF3N2S. The standard InChI is InChI=1S/C12H14ClF3N2S/c1-7-8(2)19-4-3-18(7)11-6-9(12(14,15)16)5-10(13)17-11/h5-8H,3-4H2,1-2H3. The lowest BCUT2D eigenvalue weighted by atomic mass is 10.2. The van der Waals surface area contributed by atoms with Crippen molar-refractivity contribution < 1.29 is 13.2 Å². The molecular weight excluding hydrogens is 297 g/mol. The molecule has 0 spiro atoms. The van der Waals surface area contributed by atoms with Gasteiger partial charge < -0.3 is 4.90 Å². The molecule has 0 bridgehead atoms. The second kappa shape index (κ2) is 5.40. The minimum Gasteiger partial charge on any atom is -0.352 e. The summed E-state index contributed by atoms with van der Waals surface area (Å²) in [7, 11) is 0. The zero-order chi connectivity index (χ0) is 14.2. The van der Waals surface area contributed by atoms with E-state index in [1.165, 1.54) is 0 Å². The normalized spacial score (nSPS) is 24.6. The van der Waals surface area contributed by atoms with Crippen LogP contribution in [0.4, 0.5) is 19.0 Å². The maximum absolute atomic E-state index is 12.8. The molecule has 19 heavy (non-hydrogen) atoms. The number of thioether (sulfide) groups is 1. The number of alkyl halides is 3. The van der Waals surface area contributed by atoms with Gasteiger partial charge in [0.25, 0.3) is 0 Å². The van der Waals surface area contributed by atoms with Gasteiger partial charge in [-0.2, -0.15) is 24.9 Å². The molecule has 2 nitrogen and oxygen atoms in total. The minimum absolute atomic E-state index is 0.122. The van der Waals surface area contributed by atoms with Crippen molar-refractivity contribution in [3.63, 3.8) is 0 Å². The smallest absolute Gasteiger partial charge is 0.352 e. The van der Waals surface area contributed by atoms with Gasteiger partial charge in [-0.3, -0.25) is 0 Å². The Kier molecular flexibility index (Phi) is 4.20. The second-order valence-corrected chi connectivity index (χ2v) is 6.42. The van der Waals surface area contributed by atoms with Gasteiger partial charge in [0, 0.05) is 23.6 Å². The molecule has 0 N–H and O–H groups in total. The van der Waals surface area contributed by atoms with E-state index >= 15 is 0 Å². The quantitative estimate of drug-likeness (QED) is 0.727. The predicted molar refractivity (Wildman–Crippen MR) is 73.0 cm³/mol. The Morgan fingerprint density at radius 2 is 2.05 bits per heavy atom. The van der Waals surface area contributed by atoms with Crippen LogP contribution in [0.2, 0.25) is 5.15 Å². The van der Waals surface area contributed by atoms with Crippen LogP contribution in [0, 0.1) is 0 Å². The maximum Gasteiger partial charge on any atom is 0.416 e. The third-order valence-corrected chi connectivity index (χ3v) is 4.82. The van der Waals surface area contributed by atoms with Crippen LogP contribution >= 0.6 is 23.4 Å². The molecule has 1 aromatic heterocycles. The number of nitrogens with zero attached hydrogens (tertiary/aromatic N) is 2. The average Bonchev–Trinajstić information content (AvgIpc) is 2.31. The molecule has 106 valence electrons. The Morgan fingerprint density at radius 3 is 2.68 bits per heavy atom. The van der Waals surface area contributed by atoms with Crippen LogP contribution in [0.1, 0.15) is 19.4 Å². The summed E-state index contributed by atoms with van der Waals surface area (Å²) in [6.07, 6.45) is -4.40. The summed E-state index contributed by atoms with van der Waals surface area (Å²) in [5.41, 5.74) is -0.749. The lowest BCUT2D eigenvalue weighted by Crippen LogP contribution is -2.45. The molecule has 0 amide bonds. The van der Waals surface area contributed by atoms with Crippen LogP contribution in [0.3, 0.4) is 0 Å². The molecule has 2 heterocycles. The number of halogens is 4. The van der Waals surface area contributed by atoms with E-state index in [0.717, 1.165) is 17.9 Å². The second-order valence-electron chi connectivity index (χ2n) is 4.54. The Hall–Kier alpha value is -0.620. The summed E-state index contributed by atoms with van der Waals surface area (Å²) >= 11 is 7.53. The van der Waals surface area contributed by atoms with Crippen molar-refractivity contribution in [1.29, 1.82) is 0 Å². The summed E-state index contributed by atoms with van der Waals surface area (Å²) in [5.74, 6) is 1.18. The van der Waals surface area contributed by atoms with Crippen LogP contribution < -0.4 is 4.90 Å². The Morgan fingerprint density at radius 1 is 1.37 bits per heavy atom. The monoisotopic (exact) mass is 310 g/mol. The largest absolute Gasteiger partial charge is 0.416 e. The van der Waals surface area contributed by atoms with Gasteiger partial charge in [-0.25, -0.2) is 4.98 Å². The van der Waals surface area contributed by atoms with E-state index in [2.05, 4.69) is 11.9 Å². The summed E-state index contributed by atoms with van der Waals surface area (Å²) in [6.45, 7) is 4.74. The van der Waals surface area contributed by atoms with Crippen molar-refractivity contribution in [3.05, 3.63) is 22.8 Å². The maximum atomic E-state index is 12.8. The van der Waals surface area contributed by atoms with Crippen molar-refractivity contribution in [2.75, 3.05) is 17.2 Å². The molecule has 0 aromatic carbocycles. The van der Waals surface area contributed by atoms with Crippen LogP contribution in [0.5, 0.6) is 0 Å². The highest BCUT2D eigenvalue weighted by atomic mass is 35.5. The van der Waals surface area contributed by atoms with Gasteiger partial charge in [-0.1, -0.05) is 18.5 Å². The summed E-state index contributed by atoms with van der Waals surface area (Å²) in [4.78, 5) is 5.93. The molecule has 0 aliphatic carbocycles. The van der Waals surface area contributed by atoms with Crippen LogP contribution in [-0.4, -0.2) is 28.6 Å². The average molecular weight is 311 g/mol. The minimum atomic E-state index is -4.40. The Balaban J connectivity index is 2.36. The fraction of sp³-hybridized carbons (Fsp3) is 0.583. The van der Waals surface area contributed by atoms with Gasteiger partial charge in [0.15, 0.2) is 0 Å². The number of hydrogen-bond acceptors (Lipinski definition) is 3. The van der Waals surface area contributed by atoms with Gasteiger partial charge in [-0.15, -0.1) is 0 Å². The molecule has 1 saturated heterocycles. The van der Waals surface area contributed by atoms with Crippen LogP contribution in [-0.2, 0) is 6.18 Å². The van der Waals surface area contributed by atoms with Crippen LogP contribution in [0.15, 0.2) is 12.1 Å². The highest BCUT2D eigenvalue weighted by Gasteiger charge is 2.33. The first-order chi connectivity index (χ1) is 8.79. The zero-order valence-corrected chi connectivity index (χ0v) is 12.1. The number of rotatable bonds is 1. The summed E-state index contributed by atoms with van der Waals surface area (Å²) in [6, 6.07) is 2.06. The van der Waals surface area contributed by atoms with Gasteiger partial charge in [-0.05, 0) is 19.1 Å². The number of hydrogen-bond donors (Lipinski definition) is 0. The van der Waals surface area contributed by atoms with Gasteiger partial charge in [0.1, 0.15) is 11.0 Å². The highest BCUT2D eigenvalue weighted by Crippen LogP contribution is 2.35. The molecule has 2 unspecified atom stereocenters. The third kappa shape index (κ3) is 3.28. The van der Waals surface area contributed by atoms with E-state index < -0.39 is 11.7 Å². The zero-order valence-electron chi connectivity index (χ0n) is 10.5. The molecule has 2 rings (SSSR count). The highest BCUT2D eigenvalue weighted by molar-refractivity contribution is 8.00. The lowest BCUT2D eigenvalue weighted by molar-refractivity contribution is -0.137. The van der Waals surface area contributed by atoms with E-state index in [-0.39, 0.29) is 11.2 Å². The van der Waals surface area contributed by atoms with Crippen molar-refractivity contribution >= 4 is 29.2 Å². The Bertz CT molecular complexity index is 467. The summed E-state index contributed by atoms with van der Waals surface area (Å²) in [5, 5.41) is 0.228. The molecule has 2 atom stereocenters. The number of pyridine rings is 1. The van der Waals surface area contributed by atoms with Crippen molar-refractivity contribution in [2.24, 2.45) is 0 Å². The number of anilines is 1. The van der Waals surface area contributed by atoms with Gasteiger partial charge in [0.2, 0.25) is 0 Å². The molecule has 1 aliphatic rings. The molecule has 1 aliphatic heterocycles. The molecule has 1 aromatic rings. The first kappa shape index (κ1) is 14.8. The first-order valence-electron chi connectivity index (χ1n) is 5.92. The van der Waals surface area contributed by atoms with Gasteiger partial charge >= 0.3 is 6.18 Å².